The van der Waals surface area contributed by atoms with Gasteiger partial charge in [0, 0.05) is 47.4 Å². The Bertz CT molecular complexity index is 1230. The van der Waals surface area contributed by atoms with Gasteiger partial charge in [-0.2, -0.15) is 0 Å². The van der Waals surface area contributed by atoms with Gasteiger partial charge in [0.1, 0.15) is 0 Å². The molecule has 168 valence electrons. The lowest BCUT2D eigenvalue weighted by Crippen LogP contribution is -2.23. The number of pyridine rings is 1. The number of H-pyrrole nitrogens is 2. The third kappa shape index (κ3) is 7.18. The molecule has 0 bridgehead atoms. The molecule has 3 aromatic heterocycles. The molecule has 3 heterocycles. The van der Waals surface area contributed by atoms with E-state index in [1.807, 2.05) is 39.2 Å². The summed E-state index contributed by atoms with van der Waals surface area (Å²) in [5.41, 5.74) is 1.73. The summed E-state index contributed by atoms with van der Waals surface area (Å²) >= 11 is 1.75. The molecule has 0 radical (unpaired) electrons. The molecule has 0 fully saturated rings. The molecule has 0 spiro atoms. The first-order valence-corrected chi connectivity index (χ1v) is 11.4. The van der Waals surface area contributed by atoms with E-state index < -0.39 is 0 Å². The van der Waals surface area contributed by atoms with Crippen LogP contribution >= 0.6 is 11.3 Å². The summed E-state index contributed by atoms with van der Waals surface area (Å²) in [7, 11) is 4.02. The zero-order chi connectivity index (χ0) is 22.9. The topological polar surface area (TPSA) is 93.9 Å². The average molecular weight is 452 g/mol. The highest BCUT2D eigenvalue weighted by Gasteiger charge is 2.06. The third-order valence-electron chi connectivity index (χ3n) is 4.73. The number of aromatic amines is 2. The summed E-state index contributed by atoms with van der Waals surface area (Å²) in [6.45, 7) is 3.64. The number of nitrogens with one attached hydrogen (secondary N) is 3. The van der Waals surface area contributed by atoms with E-state index in [-0.39, 0.29) is 11.1 Å². The maximum Gasteiger partial charge on any atom is 0.252 e. The summed E-state index contributed by atoms with van der Waals surface area (Å²) in [5.74, 6) is 0.537. The van der Waals surface area contributed by atoms with Crippen molar-refractivity contribution in [2.75, 3.05) is 32.5 Å². The van der Waals surface area contributed by atoms with Crippen molar-refractivity contribution < 1.29 is 0 Å². The maximum atomic E-state index is 11.8. The maximum absolute atomic E-state index is 11.8. The van der Waals surface area contributed by atoms with Crippen LogP contribution in [0.4, 0.5) is 5.95 Å². The van der Waals surface area contributed by atoms with Crippen LogP contribution in [0.1, 0.15) is 23.1 Å². The Morgan fingerprint density at radius 1 is 1.06 bits per heavy atom. The highest BCUT2D eigenvalue weighted by Crippen LogP contribution is 2.26. The lowest BCUT2D eigenvalue weighted by atomic mass is 10.2. The van der Waals surface area contributed by atoms with Gasteiger partial charge in [-0.1, -0.05) is 25.1 Å². The largest absolute Gasteiger partial charge is 0.354 e. The molecular weight excluding hydrogens is 422 g/mol. The monoisotopic (exact) mass is 451 g/mol. The van der Waals surface area contributed by atoms with Crippen molar-refractivity contribution in [2.24, 2.45) is 0 Å². The van der Waals surface area contributed by atoms with Gasteiger partial charge in [-0.15, -0.1) is 11.3 Å². The molecule has 0 amide bonds. The van der Waals surface area contributed by atoms with Gasteiger partial charge in [0.25, 0.3) is 5.56 Å². The number of rotatable bonds is 7. The van der Waals surface area contributed by atoms with Crippen LogP contribution in [0.5, 0.6) is 0 Å². The van der Waals surface area contributed by atoms with E-state index in [4.69, 9.17) is 0 Å². The molecule has 4 rings (SSSR count). The molecule has 4 aromatic rings. The number of aromatic nitrogens is 3. The fourth-order valence-corrected chi connectivity index (χ4v) is 4.17. The fraction of sp³-hybridized carbons (Fsp3) is 0.292. The van der Waals surface area contributed by atoms with E-state index in [0.717, 1.165) is 30.8 Å². The van der Waals surface area contributed by atoms with Gasteiger partial charge >= 0.3 is 0 Å². The minimum atomic E-state index is -0.122. The Hall–Kier alpha value is -3.23. The van der Waals surface area contributed by atoms with Gasteiger partial charge in [0.05, 0.1) is 5.69 Å². The van der Waals surface area contributed by atoms with Crippen LogP contribution in [0.25, 0.3) is 10.1 Å². The summed E-state index contributed by atoms with van der Waals surface area (Å²) in [5, 5.41) is 4.40. The smallest absolute Gasteiger partial charge is 0.252 e. The Kier molecular flexibility index (Phi) is 8.35. The minimum Gasteiger partial charge on any atom is -0.354 e. The Balaban J connectivity index is 0.000000269. The summed E-state index contributed by atoms with van der Waals surface area (Å²) in [4.78, 5) is 35.5. The van der Waals surface area contributed by atoms with E-state index in [0.29, 0.717) is 12.4 Å². The third-order valence-corrected chi connectivity index (χ3v) is 5.84. The first-order valence-electron chi connectivity index (χ1n) is 10.6. The quantitative estimate of drug-likeness (QED) is 0.400. The van der Waals surface area contributed by atoms with E-state index in [1.165, 1.54) is 15.0 Å². The summed E-state index contributed by atoms with van der Waals surface area (Å²) < 4.78 is 1.26. The second-order valence-corrected chi connectivity index (χ2v) is 8.83. The van der Waals surface area contributed by atoms with Crippen LogP contribution in [0.2, 0.25) is 0 Å². The van der Waals surface area contributed by atoms with E-state index in [2.05, 4.69) is 43.4 Å². The Labute approximate surface area is 191 Å². The lowest BCUT2D eigenvalue weighted by molar-refractivity contribution is 0.425. The van der Waals surface area contributed by atoms with Crippen molar-refractivity contribution in [1.29, 1.82) is 0 Å². The zero-order valence-electron chi connectivity index (χ0n) is 18.6. The summed E-state index contributed by atoms with van der Waals surface area (Å²) in [6.07, 6.45) is 3.26. The molecule has 0 aliphatic carbocycles. The van der Waals surface area contributed by atoms with Crippen molar-refractivity contribution in [2.45, 2.75) is 19.8 Å². The number of hydrogen-bond donors (Lipinski definition) is 3. The van der Waals surface area contributed by atoms with Gasteiger partial charge in [0.2, 0.25) is 11.5 Å². The number of aryl methyl sites for hydroxylation is 1. The van der Waals surface area contributed by atoms with Crippen molar-refractivity contribution >= 4 is 27.4 Å². The van der Waals surface area contributed by atoms with E-state index in [9.17, 15) is 9.59 Å². The minimum absolute atomic E-state index is 0.0191. The number of nitrogens with zero attached hydrogens (tertiary/aromatic N) is 2. The van der Waals surface area contributed by atoms with Gasteiger partial charge in [0.15, 0.2) is 0 Å². The van der Waals surface area contributed by atoms with Gasteiger partial charge in [-0.25, -0.2) is 4.98 Å². The SMILES string of the molecule is CCc1cc[nH]c(=O)c1.CN(C)CCNc1nc(Cc2cc3ccccc3s2)cc(=O)[nH]1. The predicted molar refractivity (Wildman–Crippen MR) is 133 cm³/mol. The van der Waals surface area contributed by atoms with Crippen LogP contribution < -0.4 is 16.4 Å². The number of likely N-dealkylation sites (N-methyl/N-ethyl adjacent to an activating group) is 1. The molecule has 1 aromatic carbocycles. The van der Waals surface area contributed by atoms with Gasteiger partial charge in [-0.05, 0) is 49.7 Å². The first-order chi connectivity index (χ1) is 15.4. The number of hydrogen-bond acceptors (Lipinski definition) is 6. The van der Waals surface area contributed by atoms with Gasteiger partial charge < -0.3 is 15.2 Å². The molecule has 0 saturated carbocycles. The van der Waals surface area contributed by atoms with Crippen molar-refractivity contribution in [3.05, 3.63) is 91.6 Å². The van der Waals surface area contributed by atoms with Crippen LogP contribution in [-0.2, 0) is 12.8 Å². The number of fused-ring (bicyclic) bond motifs is 1. The molecule has 3 N–H and O–H groups in total. The second-order valence-electron chi connectivity index (χ2n) is 7.66. The molecule has 0 unspecified atom stereocenters. The number of anilines is 1. The molecule has 8 heteroatoms. The van der Waals surface area contributed by atoms with Crippen molar-refractivity contribution in [3.8, 4) is 0 Å². The average Bonchev–Trinajstić information content (AvgIpc) is 3.15. The number of thiophene rings is 1. The van der Waals surface area contributed by atoms with Crippen LogP contribution in [0.15, 0.2) is 64.3 Å². The van der Waals surface area contributed by atoms with Gasteiger partial charge in [-0.3, -0.25) is 14.6 Å². The van der Waals surface area contributed by atoms with Crippen LogP contribution in [0.3, 0.4) is 0 Å². The zero-order valence-corrected chi connectivity index (χ0v) is 19.5. The predicted octanol–water partition coefficient (Wildman–Crippen LogP) is 3.49. The molecule has 0 saturated heterocycles. The highest BCUT2D eigenvalue weighted by molar-refractivity contribution is 7.19. The fourth-order valence-electron chi connectivity index (χ4n) is 3.09. The first kappa shape index (κ1) is 23.4. The molecule has 0 aliphatic rings. The molecular formula is C24H29N5O2S. The second kappa shape index (κ2) is 11.4. The van der Waals surface area contributed by atoms with Crippen LogP contribution in [-0.4, -0.2) is 47.0 Å². The lowest BCUT2D eigenvalue weighted by Gasteiger charge is -2.11. The summed E-state index contributed by atoms with van der Waals surface area (Å²) in [6, 6.07) is 15.6. The van der Waals surface area contributed by atoms with Crippen molar-refractivity contribution in [3.63, 3.8) is 0 Å². The van der Waals surface area contributed by atoms with Crippen molar-refractivity contribution in [1.82, 2.24) is 19.9 Å². The standard InChI is InChI=1S/C17H20N4OS.C7H9NO/c1-21(2)8-7-18-17-19-13(11-16(22)20-17)10-14-9-12-5-3-4-6-15(12)23-14;1-2-6-3-4-8-7(9)5-6/h3-6,9,11H,7-8,10H2,1-2H3,(H2,18,19,20,22);3-5H,2H2,1H3,(H,8,9). The van der Waals surface area contributed by atoms with E-state index >= 15 is 0 Å². The molecule has 7 nitrogen and oxygen atoms in total. The molecule has 0 atom stereocenters. The normalized spacial score (nSPS) is 10.8. The number of benzene rings is 1. The highest BCUT2D eigenvalue weighted by atomic mass is 32.1. The Morgan fingerprint density at radius 2 is 1.88 bits per heavy atom. The molecule has 0 aliphatic heterocycles. The van der Waals surface area contributed by atoms with E-state index in [1.54, 1.807) is 29.7 Å². The van der Waals surface area contributed by atoms with Crippen LogP contribution in [0, 0.1) is 0 Å². The molecule has 32 heavy (non-hydrogen) atoms. The Morgan fingerprint density at radius 3 is 2.56 bits per heavy atom.